The van der Waals surface area contributed by atoms with Crippen LogP contribution < -0.4 is 15.4 Å². The number of carbonyl (C=O) groups excluding carboxylic acids is 2. The van der Waals surface area contributed by atoms with Crippen LogP contribution in [0, 0.1) is 0 Å². The highest BCUT2D eigenvalue weighted by Gasteiger charge is 2.32. The molecule has 2 amide bonds. The highest BCUT2D eigenvalue weighted by Crippen LogP contribution is 2.30. The minimum absolute atomic E-state index is 0. The molecule has 6 nitrogen and oxygen atoms in total. The maximum absolute atomic E-state index is 13.1. The number of hydrogen-bond acceptors (Lipinski definition) is 4. The molecule has 7 heteroatoms. The van der Waals surface area contributed by atoms with Gasteiger partial charge >= 0.3 is 0 Å². The van der Waals surface area contributed by atoms with E-state index < -0.39 is 6.04 Å². The Labute approximate surface area is 171 Å². The smallest absolute Gasteiger partial charge is 0.251 e. The van der Waals surface area contributed by atoms with E-state index in [1.54, 1.807) is 38.3 Å². The number of methoxy groups -OCH3 is 1. The van der Waals surface area contributed by atoms with E-state index in [-0.39, 0.29) is 30.3 Å². The number of amides is 2. The Bertz CT molecular complexity index is 800. The van der Waals surface area contributed by atoms with Crippen molar-refractivity contribution in [3.05, 3.63) is 65.7 Å². The summed E-state index contributed by atoms with van der Waals surface area (Å²) in [4.78, 5) is 27.3. The van der Waals surface area contributed by atoms with Crippen LogP contribution >= 0.6 is 12.4 Å². The molecule has 0 aromatic heterocycles. The van der Waals surface area contributed by atoms with E-state index in [1.807, 2.05) is 35.2 Å². The molecule has 2 N–H and O–H groups in total. The third-order valence-electron chi connectivity index (χ3n) is 4.78. The second-order valence-corrected chi connectivity index (χ2v) is 6.55. The lowest BCUT2D eigenvalue weighted by molar-refractivity contribution is -0.136. The molecule has 2 aromatic carbocycles. The summed E-state index contributed by atoms with van der Waals surface area (Å²) < 4.78 is 5.47. The van der Waals surface area contributed by atoms with Crippen molar-refractivity contribution in [2.45, 2.75) is 19.0 Å². The molecule has 28 heavy (non-hydrogen) atoms. The summed E-state index contributed by atoms with van der Waals surface area (Å²) in [7, 11) is 1.63. The number of halogens is 1. The first-order valence-corrected chi connectivity index (χ1v) is 9.12. The minimum Gasteiger partial charge on any atom is -0.496 e. The Morgan fingerprint density at radius 2 is 1.82 bits per heavy atom. The fourth-order valence-corrected chi connectivity index (χ4v) is 3.37. The van der Waals surface area contributed by atoms with Crippen LogP contribution in [0.5, 0.6) is 5.75 Å². The fourth-order valence-electron chi connectivity index (χ4n) is 3.37. The molecule has 1 saturated heterocycles. The fraction of sp³-hybridized carbons (Fsp3) is 0.333. The summed E-state index contributed by atoms with van der Waals surface area (Å²) in [5.41, 5.74) is 1.50. The molecule has 0 bridgehead atoms. The molecular weight excluding hydrogens is 378 g/mol. The van der Waals surface area contributed by atoms with E-state index in [4.69, 9.17) is 4.74 Å². The van der Waals surface area contributed by atoms with Crippen molar-refractivity contribution >= 4 is 24.2 Å². The third kappa shape index (κ3) is 4.82. The summed E-state index contributed by atoms with van der Waals surface area (Å²) in [6, 6.07) is 15.9. The molecule has 1 aliphatic rings. The first kappa shape index (κ1) is 21.7. The first-order valence-electron chi connectivity index (χ1n) is 9.12. The van der Waals surface area contributed by atoms with Crippen LogP contribution in [0.4, 0.5) is 0 Å². The Balaban J connectivity index is 0.00000280. The number of piperazine rings is 1. The highest BCUT2D eigenvalue weighted by atomic mass is 35.5. The summed E-state index contributed by atoms with van der Waals surface area (Å²) in [6.07, 6.45) is 0. The number of nitrogens with zero attached hydrogens (tertiary/aromatic N) is 1. The van der Waals surface area contributed by atoms with Gasteiger partial charge in [-0.2, -0.15) is 0 Å². The summed E-state index contributed by atoms with van der Waals surface area (Å²) in [6.45, 7) is 3.67. The van der Waals surface area contributed by atoms with Crippen LogP contribution in [0.2, 0.25) is 0 Å². The number of ether oxygens (including phenoxy) is 1. The van der Waals surface area contributed by atoms with Gasteiger partial charge in [-0.25, -0.2) is 0 Å². The largest absolute Gasteiger partial charge is 0.496 e. The molecule has 1 fully saturated rings. The van der Waals surface area contributed by atoms with Gasteiger partial charge in [-0.05, 0) is 25.1 Å². The predicted molar refractivity (Wildman–Crippen MR) is 111 cm³/mol. The lowest BCUT2D eigenvalue weighted by Crippen LogP contribution is -2.54. The zero-order chi connectivity index (χ0) is 19.2. The maximum atomic E-state index is 13.1. The van der Waals surface area contributed by atoms with Crippen molar-refractivity contribution in [2.75, 3.05) is 26.7 Å². The van der Waals surface area contributed by atoms with Crippen molar-refractivity contribution in [2.24, 2.45) is 0 Å². The van der Waals surface area contributed by atoms with E-state index in [0.29, 0.717) is 18.7 Å². The zero-order valence-corrected chi connectivity index (χ0v) is 16.9. The van der Waals surface area contributed by atoms with Crippen molar-refractivity contribution in [3.63, 3.8) is 0 Å². The van der Waals surface area contributed by atoms with Crippen LogP contribution in [0.3, 0.4) is 0 Å². The third-order valence-corrected chi connectivity index (χ3v) is 4.78. The van der Waals surface area contributed by atoms with Crippen LogP contribution in [0.1, 0.15) is 28.9 Å². The molecule has 1 heterocycles. The number of nitrogens with one attached hydrogen (secondary N) is 2. The minimum atomic E-state index is -0.618. The van der Waals surface area contributed by atoms with Gasteiger partial charge in [0.25, 0.3) is 5.91 Å². The number of hydrogen-bond donors (Lipinski definition) is 2. The predicted octanol–water partition coefficient (Wildman–Crippen LogP) is 2.41. The quantitative estimate of drug-likeness (QED) is 0.804. The normalized spacial score (nSPS) is 17.2. The molecular formula is C21H26ClN3O3. The van der Waals surface area contributed by atoms with E-state index in [2.05, 4.69) is 10.6 Å². The Morgan fingerprint density at radius 1 is 1.14 bits per heavy atom. The van der Waals surface area contributed by atoms with Gasteiger partial charge < -0.3 is 20.3 Å². The van der Waals surface area contributed by atoms with Gasteiger partial charge in [0.1, 0.15) is 11.8 Å². The van der Waals surface area contributed by atoms with Gasteiger partial charge in [-0.15, -0.1) is 12.4 Å². The standard InChI is InChI=1S/C21H25N3O3.ClH/c1-15(23-20(25)16-8-4-3-5-9-16)21(26)24-13-12-22-14-18(24)17-10-6-7-11-19(17)27-2;/h3-11,15,18,22H,12-14H2,1-2H3,(H,23,25);1H. The van der Waals surface area contributed by atoms with Crippen molar-refractivity contribution in [3.8, 4) is 5.75 Å². The van der Waals surface area contributed by atoms with Crippen molar-refractivity contribution in [1.82, 2.24) is 15.5 Å². The maximum Gasteiger partial charge on any atom is 0.251 e. The molecule has 2 aromatic rings. The van der Waals surface area contributed by atoms with Gasteiger partial charge in [0.2, 0.25) is 5.91 Å². The number of rotatable bonds is 5. The lowest BCUT2D eigenvalue weighted by atomic mass is 10.0. The number of para-hydroxylation sites is 1. The van der Waals surface area contributed by atoms with Crippen LogP contribution in [-0.2, 0) is 4.79 Å². The van der Waals surface area contributed by atoms with Crippen molar-refractivity contribution in [1.29, 1.82) is 0 Å². The summed E-state index contributed by atoms with van der Waals surface area (Å²) in [5, 5.41) is 6.15. The van der Waals surface area contributed by atoms with Crippen molar-refractivity contribution < 1.29 is 14.3 Å². The van der Waals surface area contributed by atoms with Gasteiger partial charge in [-0.1, -0.05) is 36.4 Å². The number of benzene rings is 2. The molecule has 150 valence electrons. The Hall–Kier alpha value is -2.57. The highest BCUT2D eigenvalue weighted by molar-refractivity contribution is 5.97. The van der Waals surface area contributed by atoms with Crippen LogP contribution in [0.15, 0.2) is 54.6 Å². The average Bonchev–Trinajstić information content (AvgIpc) is 2.73. The average molecular weight is 404 g/mol. The zero-order valence-electron chi connectivity index (χ0n) is 16.1. The summed E-state index contributed by atoms with van der Waals surface area (Å²) in [5.74, 6) is 0.405. The van der Waals surface area contributed by atoms with Gasteiger partial charge in [0.15, 0.2) is 0 Å². The van der Waals surface area contributed by atoms with E-state index in [1.165, 1.54) is 0 Å². The SMILES string of the molecule is COc1ccccc1C1CNCCN1C(=O)C(C)NC(=O)c1ccccc1.Cl. The monoisotopic (exact) mass is 403 g/mol. The number of carbonyl (C=O) groups is 2. The van der Waals surface area contributed by atoms with Gasteiger partial charge in [-0.3, -0.25) is 9.59 Å². The molecule has 3 rings (SSSR count). The van der Waals surface area contributed by atoms with Gasteiger partial charge in [0.05, 0.1) is 13.2 Å². The van der Waals surface area contributed by atoms with E-state index >= 15 is 0 Å². The molecule has 0 radical (unpaired) electrons. The van der Waals surface area contributed by atoms with Crippen LogP contribution in [0.25, 0.3) is 0 Å². The molecule has 0 spiro atoms. The first-order chi connectivity index (χ1) is 13.1. The summed E-state index contributed by atoms with van der Waals surface area (Å²) >= 11 is 0. The Kier molecular flexibility index (Phi) is 7.84. The Morgan fingerprint density at radius 3 is 2.54 bits per heavy atom. The second-order valence-electron chi connectivity index (χ2n) is 6.55. The molecule has 2 atom stereocenters. The van der Waals surface area contributed by atoms with E-state index in [0.717, 1.165) is 17.9 Å². The molecule has 2 unspecified atom stereocenters. The van der Waals surface area contributed by atoms with Crippen LogP contribution in [-0.4, -0.2) is 49.5 Å². The van der Waals surface area contributed by atoms with E-state index in [9.17, 15) is 9.59 Å². The van der Waals surface area contributed by atoms with Gasteiger partial charge in [0, 0.05) is 30.8 Å². The molecule has 0 saturated carbocycles. The topological polar surface area (TPSA) is 70.7 Å². The second kappa shape index (κ2) is 10.1. The lowest BCUT2D eigenvalue weighted by Gasteiger charge is -2.38. The molecule has 1 aliphatic heterocycles. The molecule has 0 aliphatic carbocycles.